The molecule has 0 aromatic heterocycles. The highest BCUT2D eigenvalue weighted by Gasteiger charge is 2.20. The van der Waals surface area contributed by atoms with Gasteiger partial charge in [0.05, 0.1) is 13.2 Å². The van der Waals surface area contributed by atoms with E-state index in [2.05, 4.69) is 25.1 Å². The van der Waals surface area contributed by atoms with Gasteiger partial charge in [0.2, 0.25) is 0 Å². The molecule has 1 aliphatic rings. The fourth-order valence-corrected chi connectivity index (χ4v) is 3.78. The minimum absolute atomic E-state index is 0.273. The molecular weight excluding hydrogens is 326 g/mol. The van der Waals surface area contributed by atoms with E-state index in [4.69, 9.17) is 20.3 Å². The van der Waals surface area contributed by atoms with Gasteiger partial charge in [-0.25, -0.2) is 0 Å². The van der Waals surface area contributed by atoms with Crippen LogP contribution in [0.25, 0.3) is 0 Å². The summed E-state index contributed by atoms with van der Waals surface area (Å²) in [5.41, 5.74) is 10.3. The molecule has 0 bridgehead atoms. The van der Waals surface area contributed by atoms with Gasteiger partial charge in [-0.2, -0.15) is 0 Å². The molecule has 4 nitrogen and oxygen atoms in total. The molecule has 0 saturated heterocycles. The number of unbranched alkanes of at least 4 members (excludes halogenated alkanes) is 1. The van der Waals surface area contributed by atoms with Gasteiger partial charge in [0.15, 0.2) is 0 Å². The molecule has 0 amide bonds. The van der Waals surface area contributed by atoms with Crippen LogP contribution < -0.4 is 5.73 Å². The molecule has 0 unspecified atom stereocenters. The first-order chi connectivity index (χ1) is 12.8. The Kier molecular flexibility index (Phi) is 10.2. The van der Waals surface area contributed by atoms with E-state index < -0.39 is 0 Å². The largest absolute Gasteiger partial charge is 0.396 e. The molecule has 2 atom stereocenters. The van der Waals surface area contributed by atoms with Crippen molar-refractivity contribution in [3.63, 3.8) is 0 Å². The molecular formula is C22H37NO3. The maximum absolute atomic E-state index is 8.97. The van der Waals surface area contributed by atoms with Crippen molar-refractivity contribution in [1.82, 2.24) is 0 Å². The van der Waals surface area contributed by atoms with E-state index in [1.54, 1.807) is 0 Å². The fourth-order valence-electron chi connectivity index (χ4n) is 3.78. The van der Waals surface area contributed by atoms with Crippen LogP contribution in [0.5, 0.6) is 0 Å². The van der Waals surface area contributed by atoms with Crippen molar-refractivity contribution in [1.29, 1.82) is 0 Å². The zero-order chi connectivity index (χ0) is 18.6. The first-order valence-electron chi connectivity index (χ1n) is 10.4. The average molecular weight is 364 g/mol. The molecule has 1 aliphatic carbocycles. The number of rotatable bonds is 13. The molecule has 0 fully saturated rings. The van der Waals surface area contributed by atoms with Gasteiger partial charge in [-0.1, -0.05) is 31.5 Å². The number of nitrogens with two attached hydrogens (primary N) is 1. The highest BCUT2D eigenvalue weighted by Crippen LogP contribution is 2.30. The van der Waals surface area contributed by atoms with E-state index in [1.807, 2.05) is 0 Å². The average Bonchev–Trinajstić information content (AvgIpc) is 2.67. The number of benzene rings is 1. The first kappa shape index (κ1) is 21.4. The van der Waals surface area contributed by atoms with E-state index in [9.17, 15) is 0 Å². The van der Waals surface area contributed by atoms with E-state index in [-0.39, 0.29) is 6.61 Å². The quantitative estimate of drug-likeness (QED) is 0.527. The maximum atomic E-state index is 8.97. The summed E-state index contributed by atoms with van der Waals surface area (Å²) in [5, 5.41) is 8.97. The summed E-state index contributed by atoms with van der Waals surface area (Å²) in [5.74, 6) is 1.03. The second kappa shape index (κ2) is 12.4. The number of hydrogen-bond acceptors (Lipinski definition) is 4. The lowest BCUT2D eigenvalue weighted by Gasteiger charge is -2.26. The molecule has 26 heavy (non-hydrogen) atoms. The van der Waals surface area contributed by atoms with Gasteiger partial charge in [-0.3, -0.25) is 0 Å². The highest BCUT2D eigenvalue weighted by molar-refractivity contribution is 5.36. The number of aliphatic hydroxyl groups is 1. The second-order valence-corrected chi connectivity index (χ2v) is 7.48. The monoisotopic (exact) mass is 363 g/mol. The van der Waals surface area contributed by atoms with E-state index >= 15 is 0 Å². The lowest BCUT2D eigenvalue weighted by molar-refractivity contribution is 0.0316. The van der Waals surface area contributed by atoms with E-state index in [0.717, 1.165) is 51.7 Å². The van der Waals surface area contributed by atoms with Gasteiger partial charge in [-0.05, 0) is 73.6 Å². The van der Waals surface area contributed by atoms with Crippen LogP contribution in [0.3, 0.4) is 0 Å². The lowest BCUT2D eigenvalue weighted by Crippen LogP contribution is -2.21. The summed E-state index contributed by atoms with van der Waals surface area (Å²) in [7, 11) is 0. The van der Waals surface area contributed by atoms with E-state index in [0.29, 0.717) is 31.6 Å². The maximum Gasteiger partial charge on any atom is 0.0700 e. The van der Waals surface area contributed by atoms with E-state index in [1.165, 1.54) is 23.1 Å². The molecule has 0 spiro atoms. The molecule has 0 saturated carbocycles. The SMILES string of the molecule is CCCOCCOC[C@H]1CCc2cc([C@H](CN)CCCCO)ccc2C1. The first-order valence-corrected chi connectivity index (χ1v) is 10.4. The predicted molar refractivity (Wildman–Crippen MR) is 107 cm³/mol. The Morgan fingerprint density at radius 1 is 1.15 bits per heavy atom. The number of aliphatic hydroxyl groups excluding tert-OH is 1. The number of aryl methyl sites for hydroxylation is 1. The Morgan fingerprint density at radius 2 is 2.00 bits per heavy atom. The predicted octanol–water partition coefficient (Wildman–Crippen LogP) is 3.44. The third-order valence-electron chi connectivity index (χ3n) is 5.35. The van der Waals surface area contributed by atoms with Crippen molar-refractivity contribution >= 4 is 0 Å². The van der Waals surface area contributed by atoms with Gasteiger partial charge >= 0.3 is 0 Å². The zero-order valence-corrected chi connectivity index (χ0v) is 16.4. The summed E-state index contributed by atoms with van der Waals surface area (Å²) in [6.07, 6.45) is 7.48. The van der Waals surface area contributed by atoms with Crippen molar-refractivity contribution in [2.24, 2.45) is 11.7 Å². The molecule has 4 heteroatoms. The van der Waals surface area contributed by atoms with Crippen LogP contribution >= 0.6 is 0 Å². The van der Waals surface area contributed by atoms with Crippen molar-refractivity contribution in [3.05, 3.63) is 34.9 Å². The van der Waals surface area contributed by atoms with Gasteiger partial charge in [-0.15, -0.1) is 0 Å². The molecule has 0 radical (unpaired) electrons. The van der Waals surface area contributed by atoms with Crippen molar-refractivity contribution < 1.29 is 14.6 Å². The number of ether oxygens (including phenoxy) is 2. The summed E-state index contributed by atoms with van der Waals surface area (Å²) < 4.78 is 11.3. The third-order valence-corrected chi connectivity index (χ3v) is 5.35. The third kappa shape index (κ3) is 6.99. The lowest BCUT2D eigenvalue weighted by atomic mass is 9.81. The van der Waals surface area contributed by atoms with Crippen LogP contribution in [0.1, 0.15) is 61.6 Å². The molecule has 3 N–H and O–H groups in total. The van der Waals surface area contributed by atoms with Crippen LogP contribution in [-0.4, -0.2) is 44.7 Å². The number of fused-ring (bicyclic) bond motifs is 1. The fraction of sp³-hybridized carbons (Fsp3) is 0.727. The second-order valence-electron chi connectivity index (χ2n) is 7.48. The minimum Gasteiger partial charge on any atom is -0.396 e. The summed E-state index contributed by atoms with van der Waals surface area (Å²) in [6, 6.07) is 6.94. The zero-order valence-electron chi connectivity index (χ0n) is 16.4. The van der Waals surface area contributed by atoms with Crippen molar-refractivity contribution in [2.75, 3.05) is 39.6 Å². The molecule has 0 heterocycles. The standard InChI is InChI=1S/C22H37NO3/c1-2-11-25-12-13-26-17-18-6-7-20-15-21(9-8-19(20)14-18)22(16-23)5-3-4-10-24/h8-9,15,18,22,24H,2-7,10-14,16-17,23H2,1H3/t18-,22-/m0/s1. The topological polar surface area (TPSA) is 64.7 Å². The van der Waals surface area contributed by atoms with Crippen molar-refractivity contribution in [2.45, 2.75) is 57.8 Å². The van der Waals surface area contributed by atoms with Gasteiger partial charge < -0.3 is 20.3 Å². The Bertz CT molecular complexity index is 506. The molecule has 2 rings (SSSR count). The normalized spacial score (nSPS) is 17.9. The summed E-state index contributed by atoms with van der Waals surface area (Å²) in [4.78, 5) is 0. The van der Waals surface area contributed by atoms with Crippen LogP contribution in [-0.2, 0) is 22.3 Å². The molecule has 0 aliphatic heterocycles. The van der Waals surface area contributed by atoms with Crippen LogP contribution in [0.2, 0.25) is 0 Å². The molecule has 148 valence electrons. The Labute approximate surface area is 159 Å². The Balaban J connectivity index is 1.80. The Morgan fingerprint density at radius 3 is 2.77 bits per heavy atom. The smallest absolute Gasteiger partial charge is 0.0700 e. The number of hydrogen-bond donors (Lipinski definition) is 2. The molecule has 1 aromatic carbocycles. The van der Waals surface area contributed by atoms with Crippen LogP contribution in [0, 0.1) is 5.92 Å². The minimum atomic E-state index is 0.273. The molecule has 1 aromatic rings. The van der Waals surface area contributed by atoms with Gasteiger partial charge in [0, 0.05) is 19.8 Å². The highest BCUT2D eigenvalue weighted by atomic mass is 16.5. The Hall–Kier alpha value is -0.940. The van der Waals surface area contributed by atoms with Crippen molar-refractivity contribution in [3.8, 4) is 0 Å². The van der Waals surface area contributed by atoms with Crippen LogP contribution in [0.4, 0.5) is 0 Å². The van der Waals surface area contributed by atoms with Gasteiger partial charge in [0.25, 0.3) is 0 Å². The van der Waals surface area contributed by atoms with Crippen LogP contribution in [0.15, 0.2) is 18.2 Å². The van der Waals surface area contributed by atoms with Gasteiger partial charge in [0.1, 0.15) is 0 Å². The summed E-state index contributed by atoms with van der Waals surface area (Å²) >= 11 is 0. The summed E-state index contributed by atoms with van der Waals surface area (Å²) in [6.45, 7) is 6.15.